The number of carbonyl (C=O) groups excluding carboxylic acids is 1. The Balaban J connectivity index is 1.68. The first kappa shape index (κ1) is 18.0. The molecule has 1 atom stereocenters. The van der Waals surface area contributed by atoms with Crippen LogP contribution in [-0.2, 0) is 11.3 Å². The number of amides is 1. The predicted molar refractivity (Wildman–Crippen MR) is 101 cm³/mol. The largest absolute Gasteiger partial charge is 0.353 e. The van der Waals surface area contributed by atoms with Crippen molar-refractivity contribution in [3.8, 4) is 0 Å². The summed E-state index contributed by atoms with van der Waals surface area (Å²) in [7, 11) is 0. The average Bonchev–Trinajstić information content (AvgIpc) is 3.36. The Hall–Kier alpha value is -1.82. The quantitative estimate of drug-likeness (QED) is 0.734. The molecule has 1 saturated carbocycles. The molecule has 2 aromatic rings. The first-order valence-corrected chi connectivity index (χ1v) is 9.92. The molecule has 134 valence electrons. The number of nitrogens with one attached hydrogen (secondary N) is 1. The molecule has 1 amide bonds. The Kier molecular flexibility index (Phi) is 5.78. The molecule has 0 spiro atoms. The molecule has 1 fully saturated rings. The van der Waals surface area contributed by atoms with Crippen molar-refractivity contribution in [2.24, 2.45) is 5.92 Å². The second-order valence-electron chi connectivity index (χ2n) is 7.08. The summed E-state index contributed by atoms with van der Waals surface area (Å²) in [4.78, 5) is 12.2. The third-order valence-electron chi connectivity index (χ3n) is 4.59. The lowest BCUT2D eigenvalue weighted by Crippen LogP contribution is -2.37. The molecule has 1 aliphatic carbocycles. The van der Waals surface area contributed by atoms with Gasteiger partial charge in [0.1, 0.15) is 5.82 Å². The standard InChI is InChI=1S/C19H26N4OS/c1-13(2)14(3)20-17(24)12-25-19-22-21-18(16-9-10-16)23(19)11-15-7-5-4-6-8-15/h4-8,13-14,16H,9-12H2,1-3H3,(H,20,24). The third kappa shape index (κ3) is 4.84. The van der Waals surface area contributed by atoms with Crippen molar-refractivity contribution in [3.63, 3.8) is 0 Å². The van der Waals surface area contributed by atoms with E-state index in [0.717, 1.165) is 17.5 Å². The molecule has 1 aromatic carbocycles. The van der Waals surface area contributed by atoms with Gasteiger partial charge in [0.15, 0.2) is 5.16 Å². The number of rotatable bonds is 8. The summed E-state index contributed by atoms with van der Waals surface area (Å²) in [6, 6.07) is 10.5. The SMILES string of the molecule is CC(C)C(C)NC(=O)CSc1nnc(C2CC2)n1Cc1ccccc1. The fraction of sp³-hybridized carbons (Fsp3) is 0.526. The minimum absolute atomic E-state index is 0.0495. The Morgan fingerprint density at radius 3 is 2.60 bits per heavy atom. The van der Waals surface area contributed by atoms with Crippen molar-refractivity contribution in [1.82, 2.24) is 20.1 Å². The molecule has 0 saturated heterocycles. The number of hydrogen-bond acceptors (Lipinski definition) is 4. The normalized spacial score (nSPS) is 15.4. The zero-order valence-corrected chi connectivity index (χ0v) is 15.9. The molecule has 25 heavy (non-hydrogen) atoms. The third-order valence-corrected chi connectivity index (χ3v) is 5.56. The van der Waals surface area contributed by atoms with E-state index in [4.69, 9.17) is 0 Å². The van der Waals surface area contributed by atoms with Gasteiger partial charge in [-0.1, -0.05) is 55.9 Å². The first-order chi connectivity index (χ1) is 12.0. The van der Waals surface area contributed by atoms with Gasteiger partial charge in [-0.2, -0.15) is 0 Å². The summed E-state index contributed by atoms with van der Waals surface area (Å²) < 4.78 is 2.18. The molecule has 0 aliphatic heterocycles. The van der Waals surface area contributed by atoms with Crippen LogP contribution in [0.3, 0.4) is 0 Å². The lowest BCUT2D eigenvalue weighted by atomic mass is 10.1. The molecular weight excluding hydrogens is 332 g/mol. The van der Waals surface area contributed by atoms with Crippen LogP contribution in [-0.4, -0.2) is 32.5 Å². The van der Waals surface area contributed by atoms with E-state index in [9.17, 15) is 4.79 Å². The van der Waals surface area contributed by atoms with Crippen molar-refractivity contribution in [2.45, 2.75) is 57.3 Å². The smallest absolute Gasteiger partial charge is 0.230 e. The van der Waals surface area contributed by atoms with Crippen LogP contribution in [0.5, 0.6) is 0 Å². The maximum atomic E-state index is 12.2. The summed E-state index contributed by atoms with van der Waals surface area (Å²) >= 11 is 1.47. The van der Waals surface area contributed by atoms with Gasteiger partial charge in [0.05, 0.1) is 12.3 Å². The zero-order valence-electron chi connectivity index (χ0n) is 15.1. The number of hydrogen-bond donors (Lipinski definition) is 1. The number of benzene rings is 1. The fourth-order valence-electron chi connectivity index (χ4n) is 2.56. The van der Waals surface area contributed by atoms with Crippen LogP contribution in [0.15, 0.2) is 35.5 Å². The van der Waals surface area contributed by atoms with E-state index in [2.05, 4.69) is 46.1 Å². The molecule has 5 nitrogen and oxygen atoms in total. The van der Waals surface area contributed by atoms with Crippen molar-refractivity contribution >= 4 is 17.7 Å². The lowest BCUT2D eigenvalue weighted by Gasteiger charge is -2.17. The van der Waals surface area contributed by atoms with Gasteiger partial charge >= 0.3 is 0 Å². The van der Waals surface area contributed by atoms with Crippen LogP contribution >= 0.6 is 11.8 Å². The summed E-state index contributed by atoms with van der Waals surface area (Å²) in [5, 5.41) is 12.6. The van der Waals surface area contributed by atoms with Crippen LogP contribution in [0, 0.1) is 5.92 Å². The number of carbonyl (C=O) groups is 1. The zero-order chi connectivity index (χ0) is 17.8. The first-order valence-electron chi connectivity index (χ1n) is 8.93. The van der Waals surface area contributed by atoms with Gasteiger partial charge < -0.3 is 9.88 Å². The van der Waals surface area contributed by atoms with Crippen LogP contribution in [0.25, 0.3) is 0 Å². The molecule has 3 rings (SSSR count). The maximum absolute atomic E-state index is 12.2. The van der Waals surface area contributed by atoms with E-state index < -0.39 is 0 Å². The minimum Gasteiger partial charge on any atom is -0.353 e. The van der Waals surface area contributed by atoms with Crippen LogP contribution in [0.1, 0.15) is 50.9 Å². The molecule has 0 radical (unpaired) electrons. The molecule has 1 unspecified atom stereocenters. The number of thioether (sulfide) groups is 1. The van der Waals surface area contributed by atoms with Crippen molar-refractivity contribution in [1.29, 1.82) is 0 Å². The second kappa shape index (κ2) is 8.04. The molecule has 6 heteroatoms. The van der Waals surface area contributed by atoms with E-state index in [0.29, 0.717) is 17.6 Å². The average molecular weight is 359 g/mol. The highest BCUT2D eigenvalue weighted by atomic mass is 32.2. The molecule has 1 aliphatic rings. The highest BCUT2D eigenvalue weighted by Crippen LogP contribution is 2.40. The monoisotopic (exact) mass is 358 g/mol. The summed E-state index contributed by atoms with van der Waals surface area (Å²) in [6.07, 6.45) is 2.37. The second-order valence-corrected chi connectivity index (χ2v) is 8.02. The van der Waals surface area contributed by atoms with Crippen molar-refractivity contribution < 1.29 is 4.79 Å². The highest BCUT2D eigenvalue weighted by molar-refractivity contribution is 7.99. The maximum Gasteiger partial charge on any atom is 0.230 e. The van der Waals surface area contributed by atoms with Crippen LogP contribution in [0.4, 0.5) is 0 Å². The van der Waals surface area contributed by atoms with E-state index in [1.807, 2.05) is 25.1 Å². The Labute approximate surface area is 153 Å². The van der Waals surface area contributed by atoms with Gasteiger partial charge in [-0.25, -0.2) is 0 Å². The lowest BCUT2D eigenvalue weighted by molar-refractivity contribution is -0.119. The van der Waals surface area contributed by atoms with E-state index in [1.54, 1.807) is 0 Å². The van der Waals surface area contributed by atoms with Gasteiger partial charge in [-0.3, -0.25) is 4.79 Å². The summed E-state index contributed by atoms with van der Waals surface area (Å²) in [5.41, 5.74) is 1.23. The summed E-state index contributed by atoms with van der Waals surface area (Å²) in [5.74, 6) is 2.43. The number of nitrogens with zero attached hydrogens (tertiary/aromatic N) is 3. The Bertz CT molecular complexity index is 709. The van der Waals surface area contributed by atoms with Crippen molar-refractivity contribution in [3.05, 3.63) is 41.7 Å². The van der Waals surface area contributed by atoms with Gasteiger partial charge in [0.2, 0.25) is 5.91 Å². The van der Waals surface area contributed by atoms with E-state index in [1.165, 1.54) is 30.2 Å². The van der Waals surface area contributed by atoms with Crippen LogP contribution < -0.4 is 5.32 Å². The van der Waals surface area contributed by atoms with Gasteiger partial charge in [-0.05, 0) is 31.2 Å². The Morgan fingerprint density at radius 2 is 1.96 bits per heavy atom. The van der Waals surface area contributed by atoms with Crippen LogP contribution in [0.2, 0.25) is 0 Å². The van der Waals surface area contributed by atoms with Gasteiger partial charge in [0.25, 0.3) is 0 Å². The Morgan fingerprint density at radius 1 is 1.24 bits per heavy atom. The summed E-state index contributed by atoms with van der Waals surface area (Å²) in [6.45, 7) is 7.01. The molecule has 0 bridgehead atoms. The minimum atomic E-state index is 0.0495. The van der Waals surface area contributed by atoms with Crippen molar-refractivity contribution in [2.75, 3.05) is 5.75 Å². The van der Waals surface area contributed by atoms with Gasteiger partial charge in [-0.15, -0.1) is 10.2 Å². The van der Waals surface area contributed by atoms with E-state index in [-0.39, 0.29) is 11.9 Å². The number of aromatic nitrogens is 3. The predicted octanol–water partition coefficient (Wildman–Crippen LogP) is 3.46. The molecule has 1 heterocycles. The van der Waals surface area contributed by atoms with E-state index >= 15 is 0 Å². The topological polar surface area (TPSA) is 59.8 Å². The van der Waals surface area contributed by atoms with Gasteiger partial charge in [0, 0.05) is 12.0 Å². The fourth-order valence-corrected chi connectivity index (χ4v) is 3.31. The highest BCUT2D eigenvalue weighted by Gasteiger charge is 2.30. The molecular formula is C19H26N4OS. The molecule has 1 N–H and O–H groups in total. The molecule has 1 aromatic heterocycles.